The maximum Gasteiger partial charge on any atom is 0.268 e. The summed E-state index contributed by atoms with van der Waals surface area (Å²) in [5.74, 6) is 2.10. The number of aryl methyl sites for hydroxylation is 1. The summed E-state index contributed by atoms with van der Waals surface area (Å²) in [5.41, 5.74) is 2.60. The normalized spacial score (nSPS) is 19.6. The van der Waals surface area contributed by atoms with Gasteiger partial charge < -0.3 is 23.9 Å². The monoisotopic (exact) mass is 433 g/mol. The highest BCUT2D eigenvalue weighted by Crippen LogP contribution is 2.31. The van der Waals surface area contributed by atoms with Gasteiger partial charge in [-0.1, -0.05) is 12.1 Å². The fourth-order valence-corrected chi connectivity index (χ4v) is 4.21. The number of aromatic nitrogens is 2. The van der Waals surface area contributed by atoms with Gasteiger partial charge in [0.15, 0.2) is 23.6 Å². The minimum atomic E-state index is -0.511. The summed E-state index contributed by atoms with van der Waals surface area (Å²) in [7, 11) is 2.12. The second-order valence-electron chi connectivity index (χ2n) is 8.30. The van der Waals surface area contributed by atoms with Crippen LogP contribution in [0.15, 0.2) is 53.3 Å². The fourth-order valence-electron chi connectivity index (χ4n) is 4.21. The Morgan fingerprint density at radius 3 is 2.56 bits per heavy atom. The lowest BCUT2D eigenvalue weighted by Gasteiger charge is -2.34. The second kappa shape index (κ2) is 8.63. The molecule has 1 aromatic carbocycles. The van der Waals surface area contributed by atoms with Crippen molar-refractivity contribution in [2.45, 2.75) is 19.4 Å². The van der Waals surface area contributed by atoms with Crippen molar-refractivity contribution in [2.75, 3.05) is 49.6 Å². The first-order valence-corrected chi connectivity index (χ1v) is 11.0. The van der Waals surface area contributed by atoms with Crippen molar-refractivity contribution in [3.05, 3.63) is 54.7 Å². The molecule has 0 radical (unpaired) electrons. The van der Waals surface area contributed by atoms with Crippen molar-refractivity contribution in [1.82, 2.24) is 14.9 Å². The number of ether oxygens (including phenoxy) is 1. The van der Waals surface area contributed by atoms with E-state index in [0.29, 0.717) is 24.6 Å². The largest absolute Gasteiger partial charge is 0.477 e. The zero-order valence-electron chi connectivity index (χ0n) is 18.4. The number of carbonyl (C=O) groups is 1. The van der Waals surface area contributed by atoms with E-state index < -0.39 is 6.10 Å². The van der Waals surface area contributed by atoms with Gasteiger partial charge in [-0.25, -0.2) is 9.97 Å². The molecule has 8 nitrogen and oxygen atoms in total. The van der Waals surface area contributed by atoms with E-state index in [1.807, 2.05) is 43.3 Å². The van der Waals surface area contributed by atoms with Gasteiger partial charge in [0.1, 0.15) is 12.0 Å². The van der Waals surface area contributed by atoms with Crippen LogP contribution in [0.25, 0.3) is 11.3 Å². The third-order valence-corrected chi connectivity index (χ3v) is 6.07. The Morgan fingerprint density at radius 1 is 1.06 bits per heavy atom. The number of amides is 1. The highest BCUT2D eigenvalue weighted by molar-refractivity contribution is 5.99. The molecule has 2 aromatic heterocycles. The maximum absolute atomic E-state index is 13.1. The van der Waals surface area contributed by atoms with Crippen LogP contribution in [0, 0.1) is 6.92 Å². The van der Waals surface area contributed by atoms with Crippen LogP contribution < -0.4 is 14.5 Å². The summed E-state index contributed by atoms with van der Waals surface area (Å²) in [4.78, 5) is 28.4. The number of likely N-dealkylation sites (N-methyl/N-ethyl adjacent to an activating group) is 1. The zero-order valence-corrected chi connectivity index (χ0v) is 18.4. The number of anilines is 2. The molecular formula is C24H27N5O3. The highest BCUT2D eigenvalue weighted by Gasteiger charge is 2.35. The fraction of sp³-hybridized carbons (Fsp3) is 0.375. The number of rotatable bonds is 5. The zero-order chi connectivity index (χ0) is 22.1. The third-order valence-electron chi connectivity index (χ3n) is 6.07. The van der Waals surface area contributed by atoms with E-state index >= 15 is 0 Å². The molecule has 1 atom stereocenters. The van der Waals surface area contributed by atoms with Crippen LogP contribution in [0.1, 0.15) is 12.3 Å². The van der Waals surface area contributed by atoms with E-state index in [-0.39, 0.29) is 5.91 Å². The molecule has 2 fully saturated rings. The summed E-state index contributed by atoms with van der Waals surface area (Å²) in [5, 5.41) is 0. The number of pyridine rings is 1. The van der Waals surface area contributed by atoms with E-state index in [9.17, 15) is 4.79 Å². The predicted octanol–water partition coefficient (Wildman–Crippen LogP) is 2.98. The molecule has 0 bridgehead atoms. The van der Waals surface area contributed by atoms with Crippen LogP contribution in [0.3, 0.4) is 0 Å². The Hall–Kier alpha value is -3.39. The Morgan fingerprint density at radius 2 is 1.84 bits per heavy atom. The minimum Gasteiger partial charge on any atom is -0.477 e. The first kappa shape index (κ1) is 20.5. The smallest absolute Gasteiger partial charge is 0.268 e. The Labute approximate surface area is 187 Å². The molecule has 3 aromatic rings. The third kappa shape index (κ3) is 4.05. The number of carbonyl (C=O) groups excluding carboxylic acids is 1. The number of oxazole rings is 1. The average molecular weight is 434 g/mol. The summed E-state index contributed by atoms with van der Waals surface area (Å²) < 4.78 is 11.5. The molecule has 1 unspecified atom stereocenters. The molecule has 0 N–H and O–H groups in total. The molecule has 0 spiro atoms. The lowest BCUT2D eigenvalue weighted by Crippen LogP contribution is -2.45. The van der Waals surface area contributed by atoms with Crippen molar-refractivity contribution >= 4 is 17.4 Å². The number of benzene rings is 1. The molecule has 2 saturated heterocycles. The first-order valence-electron chi connectivity index (χ1n) is 11.0. The summed E-state index contributed by atoms with van der Waals surface area (Å²) >= 11 is 0. The Balaban J connectivity index is 1.28. The van der Waals surface area contributed by atoms with Crippen molar-refractivity contribution in [3.63, 3.8) is 0 Å². The van der Waals surface area contributed by atoms with Crippen LogP contribution >= 0.6 is 0 Å². The molecule has 166 valence electrons. The van der Waals surface area contributed by atoms with Gasteiger partial charge >= 0.3 is 0 Å². The first-order chi connectivity index (χ1) is 15.6. The molecule has 0 aliphatic carbocycles. The summed E-state index contributed by atoms with van der Waals surface area (Å²) in [6.45, 7) is 6.19. The number of hydrogen-bond acceptors (Lipinski definition) is 7. The van der Waals surface area contributed by atoms with Gasteiger partial charge in [0.05, 0.1) is 0 Å². The molecule has 0 saturated carbocycles. The van der Waals surface area contributed by atoms with E-state index in [1.165, 1.54) is 0 Å². The molecule has 4 heterocycles. The topological polar surface area (TPSA) is 74.9 Å². The van der Waals surface area contributed by atoms with E-state index in [2.05, 4.69) is 26.8 Å². The molecule has 1 amide bonds. The number of hydrogen-bond donors (Lipinski definition) is 0. The molecular weight excluding hydrogens is 406 g/mol. The highest BCUT2D eigenvalue weighted by atomic mass is 16.5. The van der Waals surface area contributed by atoms with Crippen molar-refractivity contribution < 1.29 is 13.9 Å². The van der Waals surface area contributed by atoms with Crippen LogP contribution in [-0.2, 0) is 4.79 Å². The van der Waals surface area contributed by atoms with Gasteiger partial charge in [0, 0.05) is 63.5 Å². The van der Waals surface area contributed by atoms with Crippen LogP contribution in [-0.4, -0.2) is 66.7 Å². The Kier molecular flexibility index (Phi) is 5.53. The second-order valence-corrected chi connectivity index (χ2v) is 8.30. The summed E-state index contributed by atoms with van der Waals surface area (Å²) in [6.07, 6.45) is 3.55. The molecule has 2 aliphatic heterocycles. The van der Waals surface area contributed by atoms with Crippen LogP contribution in [0.2, 0.25) is 0 Å². The average Bonchev–Trinajstić information content (AvgIpc) is 3.41. The molecule has 2 aliphatic rings. The maximum atomic E-state index is 13.1. The van der Waals surface area contributed by atoms with Gasteiger partial charge in [-0.3, -0.25) is 4.79 Å². The Bertz CT molecular complexity index is 1090. The van der Waals surface area contributed by atoms with Crippen molar-refractivity contribution in [1.29, 1.82) is 0 Å². The van der Waals surface area contributed by atoms with Gasteiger partial charge in [-0.2, -0.15) is 0 Å². The van der Waals surface area contributed by atoms with Crippen molar-refractivity contribution in [2.24, 2.45) is 0 Å². The standard InChI is InChI=1S/C24H27N5O3/c1-17-26-20(16-31-17)18-5-7-19(8-6-18)29-11-9-22(24(29)30)32-21-4-3-10-25-23(21)28-14-12-27(2)13-15-28/h3-8,10,16,22H,9,11-15H2,1-2H3. The molecule has 8 heteroatoms. The van der Waals surface area contributed by atoms with Gasteiger partial charge in [0.2, 0.25) is 0 Å². The van der Waals surface area contributed by atoms with Crippen LogP contribution in [0.4, 0.5) is 11.5 Å². The van der Waals surface area contributed by atoms with Crippen LogP contribution in [0.5, 0.6) is 5.75 Å². The van der Waals surface area contributed by atoms with Gasteiger partial charge in [0.25, 0.3) is 5.91 Å². The van der Waals surface area contributed by atoms with E-state index in [0.717, 1.165) is 48.9 Å². The minimum absolute atomic E-state index is 0.0248. The SMILES string of the molecule is Cc1nc(-c2ccc(N3CCC(Oc4cccnc4N4CCN(C)CC4)C3=O)cc2)co1. The quantitative estimate of drug-likeness (QED) is 0.612. The van der Waals surface area contributed by atoms with Gasteiger partial charge in [-0.15, -0.1) is 0 Å². The van der Waals surface area contributed by atoms with E-state index in [1.54, 1.807) is 17.4 Å². The van der Waals surface area contributed by atoms with Gasteiger partial charge in [-0.05, 0) is 31.3 Å². The summed E-state index contributed by atoms with van der Waals surface area (Å²) in [6, 6.07) is 11.6. The molecule has 5 rings (SSSR count). The number of nitrogens with zero attached hydrogens (tertiary/aromatic N) is 5. The lowest BCUT2D eigenvalue weighted by molar-refractivity contribution is -0.122. The molecule has 32 heavy (non-hydrogen) atoms. The lowest BCUT2D eigenvalue weighted by atomic mass is 10.1. The predicted molar refractivity (Wildman–Crippen MR) is 122 cm³/mol. The van der Waals surface area contributed by atoms with E-state index in [4.69, 9.17) is 9.15 Å². The van der Waals surface area contributed by atoms with Crippen molar-refractivity contribution in [3.8, 4) is 17.0 Å². The number of piperazine rings is 1.